The molecule has 5 heterocycles. The molecular weight excluding hydrogens is 647 g/mol. The predicted octanol–water partition coefficient (Wildman–Crippen LogP) is 12.3. The summed E-state index contributed by atoms with van der Waals surface area (Å²) in [4.78, 5) is 13.0. The van der Waals surface area contributed by atoms with E-state index >= 15 is 0 Å². The van der Waals surface area contributed by atoms with Crippen LogP contribution < -0.4 is 4.90 Å². The molecule has 0 saturated carbocycles. The van der Waals surface area contributed by atoms with Gasteiger partial charge in [0.25, 0.3) is 0 Å². The lowest BCUT2D eigenvalue weighted by Crippen LogP contribution is -2.13. The van der Waals surface area contributed by atoms with E-state index in [9.17, 15) is 0 Å². The van der Waals surface area contributed by atoms with E-state index in [0.29, 0.717) is 0 Å². The third-order valence-corrected chi connectivity index (χ3v) is 10.5. The highest BCUT2D eigenvalue weighted by molar-refractivity contribution is 6.13. The van der Waals surface area contributed by atoms with Gasteiger partial charge in [0.15, 0.2) is 0 Å². The normalized spacial score (nSPS) is 12.1. The SMILES string of the molecule is c1ccc(-n2c3c(c4ccccc42)-c2ccccc2N(c2cccc(-c4cccc(-n5c6ccccc6c6ccccc65)n4)n2)c2ccccc2-3)cc1. The topological polar surface area (TPSA) is 38.9 Å². The number of benzene rings is 6. The molecule has 1 aliphatic heterocycles. The molecule has 1 aliphatic rings. The molecule has 0 atom stereocenters. The Bertz CT molecular complexity index is 2970. The summed E-state index contributed by atoms with van der Waals surface area (Å²) in [5, 5.41) is 3.63. The van der Waals surface area contributed by atoms with Crippen molar-refractivity contribution in [2.75, 3.05) is 4.90 Å². The highest BCUT2D eigenvalue weighted by Crippen LogP contribution is 2.54. The van der Waals surface area contributed by atoms with Crippen LogP contribution in [-0.4, -0.2) is 19.1 Å². The Morgan fingerprint density at radius 3 is 1.51 bits per heavy atom. The van der Waals surface area contributed by atoms with Crippen LogP contribution in [0.25, 0.3) is 78.0 Å². The first-order chi connectivity index (χ1) is 26.3. The van der Waals surface area contributed by atoms with Gasteiger partial charge in [-0.25, -0.2) is 9.97 Å². The van der Waals surface area contributed by atoms with Crippen molar-refractivity contribution in [3.05, 3.63) is 188 Å². The van der Waals surface area contributed by atoms with Gasteiger partial charge in [-0.3, -0.25) is 9.47 Å². The number of fused-ring (bicyclic) bond motifs is 10. The molecule has 0 aliphatic carbocycles. The minimum absolute atomic E-state index is 0.807. The second kappa shape index (κ2) is 11.7. The third kappa shape index (κ3) is 4.44. The fraction of sp³-hybridized carbons (Fsp3) is 0. The molecule has 0 amide bonds. The van der Waals surface area contributed by atoms with Crippen molar-refractivity contribution in [2.45, 2.75) is 0 Å². The first kappa shape index (κ1) is 29.5. The summed E-state index contributed by atoms with van der Waals surface area (Å²) in [7, 11) is 0. The number of hydrogen-bond acceptors (Lipinski definition) is 3. The lowest BCUT2D eigenvalue weighted by molar-refractivity contribution is 1.07. The summed E-state index contributed by atoms with van der Waals surface area (Å²) in [6, 6.07) is 66.4. The summed E-state index contributed by atoms with van der Waals surface area (Å²) in [5.41, 5.74) is 13.0. The van der Waals surface area contributed by atoms with Crippen LogP contribution in [0.4, 0.5) is 17.2 Å². The van der Waals surface area contributed by atoms with Gasteiger partial charge in [-0.1, -0.05) is 121 Å². The smallest absolute Gasteiger partial charge is 0.138 e. The first-order valence-corrected chi connectivity index (χ1v) is 17.9. The highest BCUT2D eigenvalue weighted by Gasteiger charge is 2.31. The van der Waals surface area contributed by atoms with Crippen LogP contribution in [0.1, 0.15) is 0 Å². The van der Waals surface area contributed by atoms with E-state index in [-0.39, 0.29) is 0 Å². The molecule has 0 saturated heterocycles. The molecule has 0 spiro atoms. The lowest BCUT2D eigenvalue weighted by atomic mass is 9.98. The Balaban J connectivity index is 1.12. The van der Waals surface area contributed by atoms with Crippen LogP contribution >= 0.6 is 0 Å². The summed E-state index contributed by atoms with van der Waals surface area (Å²) < 4.78 is 4.67. The van der Waals surface area contributed by atoms with Crippen molar-refractivity contribution >= 4 is 49.9 Å². The Kier molecular flexibility index (Phi) is 6.48. The molecule has 5 nitrogen and oxygen atoms in total. The number of pyridine rings is 2. The van der Waals surface area contributed by atoms with Crippen molar-refractivity contribution < 1.29 is 0 Å². The average Bonchev–Trinajstić information content (AvgIpc) is 3.71. The molecule has 248 valence electrons. The standard InChI is InChI=1S/C48H31N5/c1-2-16-32(17-3-1)51-42-27-11-6-20-35(42)47-36-21-7-12-28-43(36)53(44-29-13-8-22-37(44)48(47)51)46-31-15-24-39(50-46)38-23-14-30-45(49-38)52-40-25-9-4-18-33(40)34-19-5-10-26-41(34)52/h1-31H. The van der Waals surface area contributed by atoms with Gasteiger partial charge in [0.05, 0.1) is 45.0 Å². The summed E-state index contributed by atoms with van der Waals surface area (Å²) >= 11 is 0. The van der Waals surface area contributed by atoms with Crippen molar-refractivity contribution in [3.63, 3.8) is 0 Å². The number of anilines is 3. The maximum absolute atomic E-state index is 5.39. The molecule has 53 heavy (non-hydrogen) atoms. The molecule has 0 bridgehead atoms. The predicted molar refractivity (Wildman–Crippen MR) is 218 cm³/mol. The molecule has 0 fully saturated rings. The Hall–Kier alpha value is -7.24. The molecule has 0 unspecified atom stereocenters. The molecule has 10 aromatic rings. The van der Waals surface area contributed by atoms with Gasteiger partial charge in [0, 0.05) is 38.5 Å². The van der Waals surface area contributed by atoms with Gasteiger partial charge in [-0.15, -0.1) is 0 Å². The first-order valence-electron chi connectivity index (χ1n) is 17.9. The van der Waals surface area contributed by atoms with Crippen LogP contribution in [0, 0.1) is 0 Å². The van der Waals surface area contributed by atoms with E-state index in [4.69, 9.17) is 9.97 Å². The Morgan fingerprint density at radius 1 is 0.340 bits per heavy atom. The zero-order valence-corrected chi connectivity index (χ0v) is 28.6. The van der Waals surface area contributed by atoms with Gasteiger partial charge < -0.3 is 4.57 Å². The molecule has 5 heteroatoms. The van der Waals surface area contributed by atoms with E-state index in [1.165, 1.54) is 32.9 Å². The summed E-state index contributed by atoms with van der Waals surface area (Å²) in [5.74, 6) is 1.69. The second-order valence-corrected chi connectivity index (χ2v) is 13.4. The minimum atomic E-state index is 0.807. The van der Waals surface area contributed by atoms with E-state index in [1.807, 2.05) is 0 Å². The molecular formula is C48H31N5. The molecule has 11 rings (SSSR count). The van der Waals surface area contributed by atoms with Crippen molar-refractivity contribution in [2.24, 2.45) is 0 Å². The largest absolute Gasteiger partial charge is 0.309 e. The van der Waals surface area contributed by atoms with Crippen LogP contribution in [0.3, 0.4) is 0 Å². The maximum atomic E-state index is 5.39. The number of aromatic nitrogens is 4. The summed E-state index contributed by atoms with van der Waals surface area (Å²) in [6.45, 7) is 0. The van der Waals surface area contributed by atoms with Crippen LogP contribution in [0.5, 0.6) is 0 Å². The molecule has 6 aromatic carbocycles. The van der Waals surface area contributed by atoms with Crippen LogP contribution in [-0.2, 0) is 0 Å². The minimum Gasteiger partial charge on any atom is -0.309 e. The van der Waals surface area contributed by atoms with Gasteiger partial charge in [-0.05, 0) is 66.7 Å². The average molecular weight is 678 g/mol. The van der Waals surface area contributed by atoms with Crippen molar-refractivity contribution in [1.82, 2.24) is 19.1 Å². The maximum Gasteiger partial charge on any atom is 0.138 e. The van der Waals surface area contributed by atoms with E-state index < -0.39 is 0 Å². The number of nitrogens with zero attached hydrogens (tertiary/aromatic N) is 5. The Labute approximate surface area is 306 Å². The molecule has 0 N–H and O–H groups in total. The van der Waals surface area contributed by atoms with Gasteiger partial charge in [0.2, 0.25) is 0 Å². The van der Waals surface area contributed by atoms with Gasteiger partial charge in [0.1, 0.15) is 11.6 Å². The van der Waals surface area contributed by atoms with E-state index in [2.05, 4.69) is 202 Å². The fourth-order valence-electron chi connectivity index (χ4n) is 8.29. The second-order valence-electron chi connectivity index (χ2n) is 13.4. The number of rotatable bonds is 4. The van der Waals surface area contributed by atoms with E-state index in [1.54, 1.807) is 0 Å². The van der Waals surface area contributed by atoms with Gasteiger partial charge >= 0.3 is 0 Å². The summed E-state index contributed by atoms with van der Waals surface area (Å²) in [6.07, 6.45) is 0. The molecule has 0 radical (unpaired) electrons. The van der Waals surface area contributed by atoms with Crippen molar-refractivity contribution in [3.8, 4) is 45.3 Å². The lowest BCUT2D eigenvalue weighted by Gasteiger charge is -2.26. The fourth-order valence-corrected chi connectivity index (χ4v) is 8.29. The zero-order valence-electron chi connectivity index (χ0n) is 28.6. The number of para-hydroxylation sites is 6. The van der Waals surface area contributed by atoms with Gasteiger partial charge in [-0.2, -0.15) is 0 Å². The monoisotopic (exact) mass is 677 g/mol. The Morgan fingerprint density at radius 2 is 0.830 bits per heavy atom. The quantitative estimate of drug-likeness (QED) is 0.186. The zero-order chi connectivity index (χ0) is 34.9. The van der Waals surface area contributed by atoms with Crippen LogP contribution in [0.15, 0.2) is 188 Å². The number of hydrogen-bond donors (Lipinski definition) is 0. The van der Waals surface area contributed by atoms with E-state index in [0.717, 1.165) is 62.2 Å². The molecule has 4 aromatic heterocycles. The highest BCUT2D eigenvalue weighted by atomic mass is 15.2. The van der Waals surface area contributed by atoms with Crippen molar-refractivity contribution in [1.29, 1.82) is 0 Å². The third-order valence-electron chi connectivity index (χ3n) is 10.5. The van der Waals surface area contributed by atoms with Crippen LogP contribution in [0.2, 0.25) is 0 Å².